The lowest BCUT2D eigenvalue weighted by Crippen LogP contribution is -2.48. The van der Waals surface area contributed by atoms with Gasteiger partial charge in [-0.25, -0.2) is 8.42 Å². The Bertz CT molecular complexity index is 1230. The molecule has 0 saturated carbocycles. The summed E-state index contributed by atoms with van der Waals surface area (Å²) in [6, 6.07) is 10.9. The van der Waals surface area contributed by atoms with Gasteiger partial charge in [0.05, 0.1) is 22.7 Å². The van der Waals surface area contributed by atoms with Crippen molar-refractivity contribution in [1.82, 2.24) is 9.21 Å². The molecular formula is C26H30BrF3N2O5S. The Morgan fingerprint density at radius 1 is 1.05 bits per heavy atom. The van der Waals surface area contributed by atoms with Gasteiger partial charge in [-0.1, -0.05) is 46.6 Å². The molecule has 2 aliphatic rings. The fourth-order valence-corrected chi connectivity index (χ4v) is 7.21. The Morgan fingerprint density at radius 3 is 2.37 bits per heavy atom. The van der Waals surface area contributed by atoms with Crippen LogP contribution in [0.2, 0.25) is 0 Å². The van der Waals surface area contributed by atoms with Crippen molar-refractivity contribution in [3.63, 3.8) is 0 Å². The number of hydrogen-bond acceptors (Lipinski definition) is 5. The molecule has 2 aromatic carbocycles. The number of aliphatic hydroxyl groups is 1. The van der Waals surface area contributed by atoms with E-state index in [1.165, 1.54) is 6.07 Å². The zero-order chi connectivity index (χ0) is 27.6. The van der Waals surface area contributed by atoms with E-state index in [4.69, 9.17) is 4.74 Å². The third kappa shape index (κ3) is 6.41. The average Bonchev–Trinajstić information content (AvgIpc) is 2.89. The molecule has 2 heterocycles. The lowest BCUT2D eigenvalue weighted by atomic mass is 9.84. The van der Waals surface area contributed by atoms with E-state index in [0.717, 1.165) is 32.5 Å². The summed E-state index contributed by atoms with van der Waals surface area (Å²) in [5, 5.41) is 11.0. The minimum Gasteiger partial charge on any atom is -0.385 e. The second kappa shape index (κ2) is 11.6. The number of carbonyl (C=O) groups is 1. The Kier molecular flexibility index (Phi) is 8.88. The zero-order valence-corrected chi connectivity index (χ0v) is 23.1. The lowest BCUT2D eigenvalue weighted by Gasteiger charge is -2.38. The second-order valence-corrected chi connectivity index (χ2v) is 12.5. The maximum absolute atomic E-state index is 13.5. The van der Waals surface area contributed by atoms with Crippen molar-refractivity contribution in [2.75, 3.05) is 32.8 Å². The molecule has 38 heavy (non-hydrogen) atoms. The van der Waals surface area contributed by atoms with Gasteiger partial charge in [-0.15, -0.1) is 0 Å². The van der Waals surface area contributed by atoms with Crippen LogP contribution in [0.1, 0.15) is 43.2 Å². The first-order valence-electron chi connectivity index (χ1n) is 12.4. The van der Waals surface area contributed by atoms with Gasteiger partial charge in [-0.05, 0) is 55.5 Å². The molecule has 0 radical (unpaired) electrons. The Balaban J connectivity index is 1.35. The van der Waals surface area contributed by atoms with E-state index in [2.05, 4.69) is 15.9 Å². The highest BCUT2D eigenvalue weighted by molar-refractivity contribution is 9.10. The first-order valence-corrected chi connectivity index (χ1v) is 14.7. The predicted octanol–water partition coefficient (Wildman–Crippen LogP) is 4.54. The van der Waals surface area contributed by atoms with E-state index in [1.807, 2.05) is 24.3 Å². The van der Waals surface area contributed by atoms with E-state index in [9.17, 15) is 31.5 Å². The molecule has 1 amide bonds. The van der Waals surface area contributed by atoms with Crippen LogP contribution in [0.4, 0.5) is 13.2 Å². The minimum atomic E-state index is -4.81. The number of amides is 1. The highest BCUT2D eigenvalue weighted by atomic mass is 79.9. The van der Waals surface area contributed by atoms with Gasteiger partial charge in [-0.2, -0.15) is 17.5 Å². The average molecular weight is 620 g/mol. The van der Waals surface area contributed by atoms with Gasteiger partial charge in [0.25, 0.3) is 0 Å². The Labute approximate surface area is 228 Å². The summed E-state index contributed by atoms with van der Waals surface area (Å²) < 4.78 is 74.7. The first kappa shape index (κ1) is 29.0. The Morgan fingerprint density at radius 2 is 1.71 bits per heavy atom. The standard InChI is InChI=1S/C26H30BrF3N2O5S/c27-20-10-8-19(9-11-20)25(34)12-15-31(16-13-25)24(33)18-37-17-21-5-3-4-14-32(21)38(35,36)23-7-2-1-6-22(23)26(28,29)30/h1-2,6-11,21,34H,3-5,12-18H2. The van der Waals surface area contributed by atoms with Crippen LogP contribution >= 0.6 is 15.9 Å². The molecule has 2 aliphatic heterocycles. The number of ether oxygens (including phenoxy) is 1. The summed E-state index contributed by atoms with van der Waals surface area (Å²) in [4.78, 5) is 13.6. The third-order valence-electron chi connectivity index (χ3n) is 7.21. The van der Waals surface area contributed by atoms with Gasteiger partial charge in [0.1, 0.15) is 6.61 Å². The van der Waals surface area contributed by atoms with Gasteiger partial charge in [0.15, 0.2) is 0 Å². The van der Waals surface area contributed by atoms with Gasteiger partial charge >= 0.3 is 6.18 Å². The molecule has 2 fully saturated rings. The number of carbonyl (C=O) groups excluding carboxylic acids is 1. The topological polar surface area (TPSA) is 87.2 Å². The van der Waals surface area contributed by atoms with Crippen molar-refractivity contribution >= 4 is 31.9 Å². The van der Waals surface area contributed by atoms with Gasteiger partial charge in [-0.3, -0.25) is 4.79 Å². The summed E-state index contributed by atoms with van der Waals surface area (Å²) >= 11 is 3.38. The molecule has 1 unspecified atom stereocenters. The molecule has 4 rings (SSSR count). The van der Waals surface area contributed by atoms with Crippen LogP contribution in [-0.4, -0.2) is 67.5 Å². The Hall–Kier alpha value is -1.99. The van der Waals surface area contributed by atoms with Crippen LogP contribution in [0.3, 0.4) is 0 Å². The smallest absolute Gasteiger partial charge is 0.385 e. The van der Waals surface area contributed by atoms with E-state index < -0.39 is 38.3 Å². The maximum atomic E-state index is 13.5. The van der Waals surface area contributed by atoms with Crippen molar-refractivity contribution < 1.29 is 36.2 Å². The number of alkyl halides is 3. The summed E-state index contributed by atoms with van der Waals surface area (Å²) in [5.41, 5.74) is -1.44. The quantitative estimate of drug-likeness (QED) is 0.492. The van der Waals surface area contributed by atoms with Crippen LogP contribution in [0.5, 0.6) is 0 Å². The van der Waals surface area contributed by atoms with Crippen molar-refractivity contribution in [1.29, 1.82) is 0 Å². The van der Waals surface area contributed by atoms with Gasteiger partial charge in [0.2, 0.25) is 15.9 Å². The van der Waals surface area contributed by atoms with E-state index in [0.29, 0.717) is 45.2 Å². The number of benzene rings is 2. The molecular weight excluding hydrogens is 589 g/mol. The molecule has 0 aliphatic carbocycles. The summed E-state index contributed by atoms with van der Waals surface area (Å²) in [5.74, 6) is -0.282. The van der Waals surface area contributed by atoms with Crippen LogP contribution in [-0.2, 0) is 31.3 Å². The highest BCUT2D eigenvalue weighted by Gasteiger charge is 2.41. The zero-order valence-electron chi connectivity index (χ0n) is 20.7. The molecule has 0 spiro atoms. The molecule has 0 aromatic heterocycles. The number of halogens is 4. The third-order valence-corrected chi connectivity index (χ3v) is 9.75. The number of rotatable bonds is 7. The highest BCUT2D eigenvalue weighted by Crippen LogP contribution is 2.37. The molecule has 12 heteroatoms. The van der Waals surface area contributed by atoms with Crippen LogP contribution in [0.25, 0.3) is 0 Å². The first-order chi connectivity index (χ1) is 17.9. The van der Waals surface area contributed by atoms with Crippen LogP contribution < -0.4 is 0 Å². The number of likely N-dealkylation sites (tertiary alicyclic amines) is 1. The number of piperidine rings is 2. The largest absolute Gasteiger partial charge is 0.417 e. The summed E-state index contributed by atoms with van der Waals surface area (Å²) in [6.07, 6.45) is -2.42. The second-order valence-electron chi connectivity index (χ2n) is 9.69. The molecule has 0 bridgehead atoms. The fraction of sp³-hybridized carbons (Fsp3) is 0.500. The number of sulfonamides is 1. The molecule has 2 saturated heterocycles. The monoisotopic (exact) mass is 618 g/mol. The summed E-state index contributed by atoms with van der Waals surface area (Å²) in [7, 11) is -4.43. The number of nitrogens with zero attached hydrogens (tertiary/aromatic N) is 2. The van der Waals surface area contributed by atoms with Crippen molar-refractivity contribution in [2.24, 2.45) is 0 Å². The van der Waals surface area contributed by atoms with E-state index in [-0.39, 0.29) is 25.7 Å². The van der Waals surface area contributed by atoms with E-state index >= 15 is 0 Å². The SMILES string of the molecule is O=C(COCC1CCCCN1S(=O)(=O)c1ccccc1C(F)(F)F)N1CCC(O)(c2ccc(Br)cc2)CC1. The predicted molar refractivity (Wildman–Crippen MR) is 138 cm³/mol. The molecule has 1 atom stereocenters. The minimum absolute atomic E-state index is 0.0806. The van der Waals surface area contributed by atoms with Gasteiger partial charge < -0.3 is 14.7 Å². The van der Waals surface area contributed by atoms with E-state index in [1.54, 1.807) is 4.90 Å². The van der Waals surface area contributed by atoms with Gasteiger partial charge in [0, 0.05) is 30.1 Å². The van der Waals surface area contributed by atoms with Crippen molar-refractivity contribution in [3.05, 3.63) is 64.1 Å². The fourth-order valence-electron chi connectivity index (χ4n) is 5.06. The van der Waals surface area contributed by atoms with Crippen molar-refractivity contribution in [3.8, 4) is 0 Å². The normalized spacial score (nSPS) is 20.9. The maximum Gasteiger partial charge on any atom is 0.417 e. The molecule has 7 nitrogen and oxygen atoms in total. The molecule has 1 N–H and O–H groups in total. The summed E-state index contributed by atoms with van der Waals surface area (Å²) in [6.45, 7) is 0.382. The van der Waals surface area contributed by atoms with Crippen molar-refractivity contribution in [2.45, 2.75) is 54.8 Å². The number of hydrogen-bond donors (Lipinski definition) is 1. The van der Waals surface area contributed by atoms with Crippen LogP contribution in [0, 0.1) is 0 Å². The lowest BCUT2D eigenvalue weighted by molar-refractivity contribution is -0.141. The molecule has 2 aromatic rings. The molecule has 208 valence electrons. The van der Waals surface area contributed by atoms with Crippen LogP contribution in [0.15, 0.2) is 57.9 Å².